The van der Waals surface area contributed by atoms with E-state index in [1.807, 2.05) is 30.5 Å². The summed E-state index contributed by atoms with van der Waals surface area (Å²) in [5.74, 6) is 0.511. The number of hydrogen-bond acceptors (Lipinski definition) is 2. The molecule has 0 spiro atoms. The van der Waals surface area contributed by atoms with Crippen molar-refractivity contribution >= 4 is 11.7 Å². The SMILES string of the molecule is CC(C)[C@@H]1COC(=O)N1/C=C(\c1ccccc1)[C@H](C)c1ccccc1. The molecule has 0 bridgehead atoms. The van der Waals surface area contributed by atoms with E-state index in [4.69, 9.17) is 4.74 Å². The van der Waals surface area contributed by atoms with Gasteiger partial charge in [-0.25, -0.2) is 4.79 Å². The number of carbonyl (C=O) groups excluding carboxylic acids is 1. The van der Waals surface area contributed by atoms with Crippen molar-refractivity contribution in [2.75, 3.05) is 6.61 Å². The third-order valence-corrected chi connectivity index (χ3v) is 4.87. The number of amides is 1. The van der Waals surface area contributed by atoms with Crippen molar-refractivity contribution in [3.05, 3.63) is 78.0 Å². The molecule has 1 heterocycles. The van der Waals surface area contributed by atoms with E-state index in [0.717, 1.165) is 11.1 Å². The summed E-state index contributed by atoms with van der Waals surface area (Å²) in [6.07, 6.45) is 1.74. The maximum absolute atomic E-state index is 12.3. The van der Waals surface area contributed by atoms with Crippen LogP contribution in [0.3, 0.4) is 0 Å². The summed E-state index contributed by atoms with van der Waals surface area (Å²) >= 11 is 0. The van der Waals surface area contributed by atoms with Gasteiger partial charge >= 0.3 is 6.09 Å². The first-order chi connectivity index (χ1) is 12.1. The molecule has 2 atom stereocenters. The number of rotatable bonds is 5. The van der Waals surface area contributed by atoms with Gasteiger partial charge in [0.2, 0.25) is 0 Å². The van der Waals surface area contributed by atoms with Crippen molar-refractivity contribution in [1.29, 1.82) is 0 Å². The van der Waals surface area contributed by atoms with E-state index in [1.165, 1.54) is 5.56 Å². The highest BCUT2D eigenvalue weighted by molar-refractivity contribution is 5.77. The summed E-state index contributed by atoms with van der Waals surface area (Å²) in [4.78, 5) is 14.0. The molecular formula is C22H25NO2. The number of benzene rings is 2. The van der Waals surface area contributed by atoms with Crippen LogP contribution in [0.15, 0.2) is 66.9 Å². The summed E-state index contributed by atoms with van der Waals surface area (Å²) in [5.41, 5.74) is 3.48. The van der Waals surface area contributed by atoms with E-state index >= 15 is 0 Å². The first-order valence-corrected chi connectivity index (χ1v) is 8.85. The summed E-state index contributed by atoms with van der Waals surface area (Å²) in [5, 5.41) is 0. The van der Waals surface area contributed by atoms with Crippen molar-refractivity contribution in [3.8, 4) is 0 Å². The minimum atomic E-state index is -0.257. The Morgan fingerprint density at radius 1 is 1.04 bits per heavy atom. The van der Waals surface area contributed by atoms with Crippen molar-refractivity contribution in [1.82, 2.24) is 4.90 Å². The molecule has 3 heteroatoms. The zero-order valence-corrected chi connectivity index (χ0v) is 15.1. The quantitative estimate of drug-likeness (QED) is 0.741. The summed E-state index contributed by atoms with van der Waals surface area (Å²) in [6.45, 7) is 6.88. The molecular weight excluding hydrogens is 310 g/mol. The number of hydrogen-bond donors (Lipinski definition) is 0. The standard InChI is InChI=1S/C22H25NO2/c1-16(2)21-15-25-22(24)23(21)14-20(19-12-8-5-9-13-19)17(3)18-10-6-4-7-11-18/h4-14,16-17,21H,15H2,1-3H3/b20-14-/t17-,21+/m1/s1. The summed E-state index contributed by atoms with van der Waals surface area (Å²) in [7, 11) is 0. The molecule has 0 saturated carbocycles. The average Bonchev–Trinajstić information content (AvgIpc) is 3.01. The topological polar surface area (TPSA) is 29.5 Å². The predicted molar refractivity (Wildman–Crippen MR) is 101 cm³/mol. The van der Waals surface area contributed by atoms with E-state index in [1.54, 1.807) is 4.90 Å². The molecule has 2 aromatic carbocycles. The molecule has 1 aliphatic rings. The Bertz CT molecular complexity index is 737. The maximum Gasteiger partial charge on any atom is 0.414 e. The monoisotopic (exact) mass is 335 g/mol. The van der Waals surface area contributed by atoms with Crippen molar-refractivity contribution in [2.45, 2.75) is 32.7 Å². The summed E-state index contributed by atoms with van der Waals surface area (Å²) in [6, 6.07) is 20.7. The van der Waals surface area contributed by atoms with Gasteiger partial charge in [-0.1, -0.05) is 81.4 Å². The second kappa shape index (κ2) is 7.56. The van der Waals surface area contributed by atoms with Gasteiger partial charge < -0.3 is 4.74 Å². The van der Waals surface area contributed by atoms with Crippen LogP contribution >= 0.6 is 0 Å². The highest BCUT2D eigenvalue weighted by Crippen LogP contribution is 2.33. The van der Waals surface area contributed by atoms with Crippen LogP contribution < -0.4 is 0 Å². The Morgan fingerprint density at radius 3 is 2.24 bits per heavy atom. The third-order valence-electron chi connectivity index (χ3n) is 4.87. The zero-order chi connectivity index (χ0) is 17.8. The van der Waals surface area contributed by atoms with Gasteiger partial charge in [-0.2, -0.15) is 0 Å². The van der Waals surface area contributed by atoms with Crippen LogP contribution in [0.4, 0.5) is 4.79 Å². The largest absolute Gasteiger partial charge is 0.447 e. The van der Waals surface area contributed by atoms with Gasteiger partial charge in [-0.05, 0) is 22.6 Å². The minimum Gasteiger partial charge on any atom is -0.447 e. The smallest absolute Gasteiger partial charge is 0.414 e. The molecule has 0 N–H and O–H groups in total. The van der Waals surface area contributed by atoms with E-state index in [0.29, 0.717) is 12.5 Å². The number of cyclic esters (lactones) is 1. The number of ether oxygens (including phenoxy) is 1. The number of allylic oxidation sites excluding steroid dienone is 1. The lowest BCUT2D eigenvalue weighted by atomic mass is 9.88. The van der Waals surface area contributed by atoms with Crippen molar-refractivity contribution in [3.63, 3.8) is 0 Å². The molecule has 0 aromatic heterocycles. The van der Waals surface area contributed by atoms with E-state index in [9.17, 15) is 4.79 Å². The minimum absolute atomic E-state index is 0.0779. The molecule has 0 radical (unpaired) electrons. The first-order valence-electron chi connectivity index (χ1n) is 8.85. The van der Waals surface area contributed by atoms with Crippen LogP contribution in [0.5, 0.6) is 0 Å². The summed E-state index contributed by atoms with van der Waals surface area (Å²) < 4.78 is 5.30. The van der Waals surface area contributed by atoms with E-state index < -0.39 is 0 Å². The van der Waals surface area contributed by atoms with Gasteiger partial charge in [0.1, 0.15) is 6.61 Å². The van der Waals surface area contributed by atoms with Crippen LogP contribution in [0, 0.1) is 5.92 Å². The van der Waals surface area contributed by atoms with Crippen LogP contribution in [0.25, 0.3) is 5.57 Å². The molecule has 2 aromatic rings. The lowest BCUT2D eigenvalue weighted by Crippen LogP contribution is -2.33. The van der Waals surface area contributed by atoms with Crippen LogP contribution in [-0.4, -0.2) is 23.6 Å². The molecule has 0 unspecified atom stereocenters. The molecule has 3 rings (SSSR count). The van der Waals surface area contributed by atoms with Gasteiger partial charge in [0.25, 0.3) is 0 Å². The van der Waals surface area contributed by atoms with Crippen LogP contribution in [0.2, 0.25) is 0 Å². The fourth-order valence-electron chi connectivity index (χ4n) is 3.25. The number of nitrogens with zero attached hydrogens (tertiary/aromatic N) is 1. The Hall–Kier alpha value is -2.55. The lowest BCUT2D eigenvalue weighted by Gasteiger charge is -2.25. The van der Waals surface area contributed by atoms with Crippen LogP contribution in [0.1, 0.15) is 37.8 Å². The Kier molecular flexibility index (Phi) is 5.22. The molecule has 1 saturated heterocycles. The molecule has 130 valence electrons. The fourth-order valence-corrected chi connectivity index (χ4v) is 3.25. The normalized spacial score (nSPS) is 19.2. The predicted octanol–water partition coefficient (Wildman–Crippen LogP) is 5.31. The molecule has 1 aliphatic heterocycles. The van der Waals surface area contributed by atoms with Crippen LogP contribution in [-0.2, 0) is 4.74 Å². The number of carbonyl (C=O) groups is 1. The second-order valence-electron chi connectivity index (χ2n) is 6.88. The van der Waals surface area contributed by atoms with Gasteiger partial charge in [-0.3, -0.25) is 4.90 Å². The molecule has 1 amide bonds. The van der Waals surface area contributed by atoms with Crippen molar-refractivity contribution in [2.24, 2.45) is 5.92 Å². The molecule has 25 heavy (non-hydrogen) atoms. The maximum atomic E-state index is 12.3. The Balaban J connectivity index is 2.03. The van der Waals surface area contributed by atoms with E-state index in [-0.39, 0.29) is 18.1 Å². The molecule has 3 nitrogen and oxygen atoms in total. The molecule has 1 fully saturated rings. The zero-order valence-electron chi connectivity index (χ0n) is 15.1. The Labute approximate surface area is 149 Å². The van der Waals surface area contributed by atoms with E-state index in [2.05, 4.69) is 57.2 Å². The van der Waals surface area contributed by atoms with Gasteiger partial charge in [0, 0.05) is 12.1 Å². The first kappa shape index (κ1) is 17.3. The van der Waals surface area contributed by atoms with Gasteiger partial charge in [0.05, 0.1) is 6.04 Å². The Morgan fingerprint density at radius 2 is 1.64 bits per heavy atom. The third kappa shape index (κ3) is 3.76. The van der Waals surface area contributed by atoms with Gasteiger partial charge in [0.15, 0.2) is 0 Å². The highest BCUT2D eigenvalue weighted by Gasteiger charge is 2.34. The lowest BCUT2D eigenvalue weighted by molar-refractivity contribution is 0.166. The fraction of sp³-hybridized carbons (Fsp3) is 0.318. The second-order valence-corrected chi connectivity index (χ2v) is 6.88. The molecule has 0 aliphatic carbocycles. The highest BCUT2D eigenvalue weighted by atomic mass is 16.6. The van der Waals surface area contributed by atoms with Crippen molar-refractivity contribution < 1.29 is 9.53 Å². The van der Waals surface area contributed by atoms with Gasteiger partial charge in [-0.15, -0.1) is 0 Å². The average molecular weight is 335 g/mol.